The van der Waals surface area contributed by atoms with Gasteiger partial charge in [0.05, 0.1) is 0 Å². The first-order chi connectivity index (χ1) is 9.27. The predicted molar refractivity (Wildman–Crippen MR) is 82.9 cm³/mol. The third kappa shape index (κ3) is 3.21. The van der Waals surface area contributed by atoms with Crippen LogP contribution in [0.15, 0.2) is 16.8 Å². The average Bonchev–Trinajstić information content (AvgIpc) is 2.92. The van der Waals surface area contributed by atoms with E-state index in [1.807, 2.05) is 11.3 Å². The van der Waals surface area contributed by atoms with Crippen molar-refractivity contribution >= 4 is 11.3 Å². The molecule has 1 aromatic rings. The normalized spacial score (nSPS) is 25.5. The summed E-state index contributed by atoms with van der Waals surface area (Å²) in [6, 6.07) is 2.95. The highest BCUT2D eigenvalue weighted by Gasteiger charge is 2.37. The maximum atomic E-state index is 3.84. The average molecular weight is 278 g/mol. The summed E-state index contributed by atoms with van der Waals surface area (Å²) in [4.78, 5) is 2.72. The molecule has 106 valence electrons. The predicted octanol–water partition coefficient (Wildman–Crippen LogP) is 3.29. The minimum Gasteiger partial charge on any atom is -0.309 e. The van der Waals surface area contributed by atoms with Crippen molar-refractivity contribution in [3.63, 3.8) is 0 Å². The highest BCUT2D eigenvalue weighted by Crippen LogP contribution is 2.31. The van der Waals surface area contributed by atoms with E-state index in [-0.39, 0.29) is 0 Å². The fourth-order valence-electron chi connectivity index (χ4n) is 3.81. The molecule has 1 aliphatic heterocycles. The van der Waals surface area contributed by atoms with Gasteiger partial charge in [0.1, 0.15) is 0 Å². The first kappa shape index (κ1) is 13.6. The zero-order chi connectivity index (χ0) is 13.1. The minimum absolute atomic E-state index is 0.444. The van der Waals surface area contributed by atoms with Crippen LogP contribution in [-0.2, 0) is 6.42 Å². The summed E-state index contributed by atoms with van der Waals surface area (Å²) in [5.74, 6) is 0. The van der Waals surface area contributed by atoms with Crippen LogP contribution < -0.4 is 5.32 Å². The van der Waals surface area contributed by atoms with Gasteiger partial charge in [-0.1, -0.05) is 19.3 Å². The van der Waals surface area contributed by atoms with Gasteiger partial charge in [-0.25, -0.2) is 0 Å². The molecule has 2 fully saturated rings. The van der Waals surface area contributed by atoms with E-state index in [9.17, 15) is 0 Å². The summed E-state index contributed by atoms with van der Waals surface area (Å²) >= 11 is 1.82. The SMILES string of the molecule is CC(Cc1ccsc1)N1CCNC2(CCCCC2)C1. The smallest absolute Gasteiger partial charge is 0.0309 e. The number of rotatable bonds is 3. The minimum atomic E-state index is 0.444. The molecule has 2 aliphatic rings. The number of nitrogens with zero attached hydrogens (tertiary/aromatic N) is 1. The van der Waals surface area contributed by atoms with Crippen LogP contribution in [0.3, 0.4) is 0 Å². The number of hydrogen-bond donors (Lipinski definition) is 1. The molecule has 0 radical (unpaired) electrons. The third-order valence-electron chi connectivity index (χ3n) is 4.95. The first-order valence-corrected chi connectivity index (χ1v) is 8.72. The molecule has 3 heteroatoms. The van der Waals surface area contributed by atoms with Crippen molar-refractivity contribution in [2.45, 2.75) is 57.0 Å². The van der Waals surface area contributed by atoms with Gasteiger partial charge in [-0.15, -0.1) is 0 Å². The van der Waals surface area contributed by atoms with Gasteiger partial charge in [-0.05, 0) is 48.6 Å². The molecular formula is C16H26N2S. The van der Waals surface area contributed by atoms with Gasteiger partial charge < -0.3 is 5.32 Å². The molecule has 0 amide bonds. The summed E-state index contributed by atoms with van der Waals surface area (Å²) in [7, 11) is 0. The summed E-state index contributed by atoms with van der Waals surface area (Å²) < 4.78 is 0. The Morgan fingerprint density at radius 1 is 1.37 bits per heavy atom. The quantitative estimate of drug-likeness (QED) is 0.913. The van der Waals surface area contributed by atoms with Crippen molar-refractivity contribution in [1.29, 1.82) is 0 Å². The van der Waals surface area contributed by atoms with Crippen LogP contribution in [-0.4, -0.2) is 36.1 Å². The Bertz CT molecular complexity index is 376. The van der Waals surface area contributed by atoms with Crippen LogP contribution in [0.4, 0.5) is 0 Å². The molecule has 1 atom stereocenters. The lowest BCUT2D eigenvalue weighted by Gasteiger charge is -2.48. The number of piperazine rings is 1. The number of nitrogens with one attached hydrogen (secondary N) is 1. The van der Waals surface area contributed by atoms with E-state index in [0.717, 1.165) is 0 Å². The molecule has 1 N–H and O–H groups in total. The topological polar surface area (TPSA) is 15.3 Å². The maximum absolute atomic E-state index is 3.84. The molecule has 2 heterocycles. The Morgan fingerprint density at radius 3 is 2.95 bits per heavy atom. The molecular weight excluding hydrogens is 252 g/mol. The monoisotopic (exact) mass is 278 g/mol. The van der Waals surface area contributed by atoms with E-state index < -0.39 is 0 Å². The number of thiophene rings is 1. The summed E-state index contributed by atoms with van der Waals surface area (Å²) in [5, 5.41) is 8.34. The molecule has 1 spiro atoms. The molecule has 0 bridgehead atoms. The fourth-order valence-corrected chi connectivity index (χ4v) is 4.49. The van der Waals surface area contributed by atoms with E-state index in [0.29, 0.717) is 11.6 Å². The van der Waals surface area contributed by atoms with E-state index in [1.54, 1.807) is 0 Å². The Labute approximate surface area is 121 Å². The van der Waals surface area contributed by atoms with Crippen LogP contribution in [0.5, 0.6) is 0 Å². The summed E-state index contributed by atoms with van der Waals surface area (Å²) in [6.45, 7) is 6.05. The molecule has 1 saturated heterocycles. The second-order valence-corrected chi connectivity index (χ2v) is 7.20. The highest BCUT2D eigenvalue weighted by molar-refractivity contribution is 7.07. The lowest BCUT2D eigenvalue weighted by Crippen LogP contribution is -2.62. The zero-order valence-electron chi connectivity index (χ0n) is 12.0. The molecule has 1 unspecified atom stereocenters. The lowest BCUT2D eigenvalue weighted by atomic mass is 9.80. The van der Waals surface area contributed by atoms with Gasteiger partial charge >= 0.3 is 0 Å². The number of hydrogen-bond acceptors (Lipinski definition) is 3. The Morgan fingerprint density at radius 2 is 2.21 bits per heavy atom. The van der Waals surface area contributed by atoms with Gasteiger partial charge in [0.15, 0.2) is 0 Å². The molecule has 19 heavy (non-hydrogen) atoms. The Kier molecular flexibility index (Phi) is 4.25. The van der Waals surface area contributed by atoms with Crippen LogP contribution in [0.1, 0.15) is 44.6 Å². The van der Waals surface area contributed by atoms with Gasteiger partial charge in [-0.3, -0.25) is 4.90 Å². The zero-order valence-corrected chi connectivity index (χ0v) is 12.8. The highest BCUT2D eigenvalue weighted by atomic mass is 32.1. The van der Waals surface area contributed by atoms with E-state index in [1.165, 1.54) is 63.7 Å². The molecule has 0 aromatic carbocycles. The molecule has 3 rings (SSSR count). The van der Waals surface area contributed by atoms with E-state index in [2.05, 4.69) is 34.0 Å². The molecule has 2 nitrogen and oxygen atoms in total. The Hall–Kier alpha value is -0.380. The van der Waals surface area contributed by atoms with Crippen LogP contribution >= 0.6 is 11.3 Å². The fraction of sp³-hybridized carbons (Fsp3) is 0.750. The van der Waals surface area contributed by atoms with Gasteiger partial charge in [0.2, 0.25) is 0 Å². The first-order valence-electron chi connectivity index (χ1n) is 7.78. The van der Waals surface area contributed by atoms with Crippen LogP contribution in [0, 0.1) is 0 Å². The maximum Gasteiger partial charge on any atom is 0.0309 e. The van der Waals surface area contributed by atoms with Crippen molar-refractivity contribution in [3.8, 4) is 0 Å². The van der Waals surface area contributed by atoms with Crippen molar-refractivity contribution in [3.05, 3.63) is 22.4 Å². The summed E-state index contributed by atoms with van der Waals surface area (Å²) in [6.07, 6.45) is 8.25. The Balaban J connectivity index is 1.61. The van der Waals surface area contributed by atoms with Crippen molar-refractivity contribution in [1.82, 2.24) is 10.2 Å². The van der Waals surface area contributed by atoms with Gasteiger partial charge in [0.25, 0.3) is 0 Å². The van der Waals surface area contributed by atoms with Crippen molar-refractivity contribution < 1.29 is 0 Å². The second kappa shape index (κ2) is 5.94. The molecule has 1 aliphatic carbocycles. The van der Waals surface area contributed by atoms with E-state index in [4.69, 9.17) is 0 Å². The lowest BCUT2D eigenvalue weighted by molar-refractivity contribution is 0.0732. The molecule has 1 aromatic heterocycles. The largest absolute Gasteiger partial charge is 0.309 e. The van der Waals surface area contributed by atoms with Crippen molar-refractivity contribution in [2.75, 3.05) is 19.6 Å². The van der Waals surface area contributed by atoms with Gasteiger partial charge in [0, 0.05) is 31.2 Å². The standard InChI is InChI=1S/C16H26N2S/c1-14(11-15-5-10-19-12-15)18-9-8-17-16(13-18)6-3-2-4-7-16/h5,10,12,14,17H,2-4,6-9,11,13H2,1H3. The van der Waals surface area contributed by atoms with Crippen molar-refractivity contribution in [2.24, 2.45) is 0 Å². The van der Waals surface area contributed by atoms with Crippen LogP contribution in [0.2, 0.25) is 0 Å². The van der Waals surface area contributed by atoms with E-state index >= 15 is 0 Å². The van der Waals surface area contributed by atoms with Crippen LogP contribution in [0.25, 0.3) is 0 Å². The second-order valence-electron chi connectivity index (χ2n) is 6.42. The summed E-state index contributed by atoms with van der Waals surface area (Å²) in [5.41, 5.74) is 1.95. The van der Waals surface area contributed by atoms with Gasteiger partial charge in [-0.2, -0.15) is 11.3 Å². The third-order valence-corrected chi connectivity index (χ3v) is 5.68. The molecule has 1 saturated carbocycles.